The van der Waals surface area contributed by atoms with Crippen molar-refractivity contribution >= 4 is 5.97 Å². The lowest BCUT2D eigenvalue weighted by molar-refractivity contribution is 0.0600. The highest BCUT2D eigenvalue weighted by Crippen LogP contribution is 2.40. The summed E-state index contributed by atoms with van der Waals surface area (Å²) >= 11 is 0. The number of carbonyl (C=O) groups excluding carboxylic acids is 1. The average Bonchev–Trinajstić information content (AvgIpc) is 3.11. The first-order valence-electron chi connectivity index (χ1n) is 5.01. The molecular formula is C13H13O2. The second-order valence-corrected chi connectivity index (χ2v) is 3.75. The van der Waals surface area contributed by atoms with Crippen LogP contribution in [0.1, 0.15) is 40.2 Å². The Kier molecular flexibility index (Phi) is 2.58. The summed E-state index contributed by atoms with van der Waals surface area (Å²) in [6.45, 7) is 3.60. The maximum atomic E-state index is 11.4. The molecule has 77 valence electrons. The fourth-order valence-electron chi connectivity index (χ4n) is 1.67. The normalized spacial score (nSPS) is 14.7. The molecule has 1 saturated carbocycles. The minimum absolute atomic E-state index is 0.330. The standard InChI is InChI=1S/C13H13O2/c1-3-9-8-11(10-4-5-10)6-7-12(9)13(14)15-2/h6-8,10H,1,4-5H2,2H3. The lowest BCUT2D eigenvalue weighted by atomic mass is 10.0. The number of methoxy groups -OCH3 is 1. The molecule has 0 heterocycles. The molecule has 1 radical (unpaired) electrons. The number of hydrogen-bond donors (Lipinski definition) is 0. The maximum absolute atomic E-state index is 11.4. The van der Waals surface area contributed by atoms with E-state index in [2.05, 4.69) is 17.4 Å². The van der Waals surface area contributed by atoms with Gasteiger partial charge in [0.05, 0.1) is 12.7 Å². The summed E-state index contributed by atoms with van der Waals surface area (Å²) in [4.78, 5) is 11.4. The molecule has 0 N–H and O–H groups in total. The molecule has 1 aliphatic carbocycles. The Morgan fingerprint density at radius 1 is 1.53 bits per heavy atom. The fraction of sp³-hybridized carbons (Fsp3) is 0.308. The Hall–Kier alpha value is -1.57. The van der Waals surface area contributed by atoms with Crippen molar-refractivity contribution in [2.45, 2.75) is 18.8 Å². The van der Waals surface area contributed by atoms with Crippen LogP contribution in [0.2, 0.25) is 0 Å². The van der Waals surface area contributed by atoms with Gasteiger partial charge in [-0.2, -0.15) is 0 Å². The topological polar surface area (TPSA) is 26.3 Å². The quantitative estimate of drug-likeness (QED) is 0.703. The molecule has 1 aliphatic rings. The van der Waals surface area contributed by atoms with Crippen LogP contribution in [0.4, 0.5) is 0 Å². The van der Waals surface area contributed by atoms with E-state index in [0.29, 0.717) is 11.5 Å². The number of benzene rings is 1. The Balaban J connectivity index is 2.38. The predicted molar refractivity (Wildman–Crippen MR) is 57.7 cm³/mol. The second kappa shape index (κ2) is 3.89. The molecule has 0 bridgehead atoms. The van der Waals surface area contributed by atoms with E-state index in [9.17, 15) is 4.79 Å². The Labute approximate surface area is 89.6 Å². The highest BCUT2D eigenvalue weighted by molar-refractivity contribution is 5.91. The van der Waals surface area contributed by atoms with Crippen molar-refractivity contribution in [1.82, 2.24) is 0 Å². The van der Waals surface area contributed by atoms with E-state index >= 15 is 0 Å². The van der Waals surface area contributed by atoms with Crippen LogP contribution >= 0.6 is 0 Å². The van der Waals surface area contributed by atoms with Crippen molar-refractivity contribution in [2.24, 2.45) is 0 Å². The lowest BCUT2D eigenvalue weighted by Crippen LogP contribution is -2.04. The van der Waals surface area contributed by atoms with Crippen LogP contribution in [0.15, 0.2) is 24.8 Å². The first-order valence-corrected chi connectivity index (χ1v) is 5.01. The summed E-state index contributed by atoms with van der Waals surface area (Å²) in [6.07, 6.45) is 5.27. The molecule has 0 aliphatic heterocycles. The van der Waals surface area contributed by atoms with Gasteiger partial charge in [-0.1, -0.05) is 18.7 Å². The number of esters is 1. The van der Waals surface area contributed by atoms with Gasteiger partial charge in [0.25, 0.3) is 0 Å². The molecule has 0 unspecified atom stereocenters. The monoisotopic (exact) mass is 201 g/mol. The molecule has 15 heavy (non-hydrogen) atoms. The van der Waals surface area contributed by atoms with Gasteiger partial charge in [-0.15, -0.1) is 0 Å². The number of hydrogen-bond acceptors (Lipinski definition) is 2. The fourth-order valence-corrected chi connectivity index (χ4v) is 1.67. The summed E-state index contributed by atoms with van der Waals surface area (Å²) in [5, 5.41) is 0. The first-order chi connectivity index (χ1) is 7.26. The van der Waals surface area contributed by atoms with Crippen LogP contribution in [0.5, 0.6) is 0 Å². The smallest absolute Gasteiger partial charge is 0.338 e. The molecule has 2 heteroatoms. The molecule has 0 amide bonds. The van der Waals surface area contributed by atoms with Gasteiger partial charge in [0.1, 0.15) is 0 Å². The third kappa shape index (κ3) is 1.94. The van der Waals surface area contributed by atoms with Crippen LogP contribution in [0.3, 0.4) is 0 Å². The zero-order valence-corrected chi connectivity index (χ0v) is 8.75. The molecule has 2 rings (SSSR count). The lowest BCUT2D eigenvalue weighted by Gasteiger charge is -2.06. The number of ether oxygens (including phenoxy) is 1. The van der Waals surface area contributed by atoms with E-state index in [4.69, 9.17) is 0 Å². The molecule has 1 aromatic rings. The molecular weight excluding hydrogens is 188 g/mol. The SMILES string of the molecule is C=[C]c1cc(C2CC2)ccc1C(=O)OC. The van der Waals surface area contributed by atoms with Gasteiger partial charge in [-0.25, -0.2) is 4.79 Å². The largest absolute Gasteiger partial charge is 0.465 e. The average molecular weight is 201 g/mol. The van der Waals surface area contributed by atoms with E-state index in [-0.39, 0.29) is 5.97 Å². The van der Waals surface area contributed by atoms with Crippen molar-refractivity contribution in [3.63, 3.8) is 0 Å². The third-order valence-corrected chi connectivity index (χ3v) is 2.69. The third-order valence-electron chi connectivity index (χ3n) is 2.69. The van der Waals surface area contributed by atoms with Crippen LogP contribution in [0.25, 0.3) is 0 Å². The maximum Gasteiger partial charge on any atom is 0.338 e. The van der Waals surface area contributed by atoms with Crippen LogP contribution in [-0.2, 0) is 4.74 Å². The number of rotatable bonds is 3. The van der Waals surface area contributed by atoms with Crippen molar-refractivity contribution in [3.05, 3.63) is 47.5 Å². The minimum atomic E-state index is -0.330. The molecule has 1 aromatic carbocycles. The summed E-state index contributed by atoms with van der Waals surface area (Å²) in [5.41, 5.74) is 2.55. The molecule has 1 fully saturated rings. The molecule has 0 atom stereocenters. The van der Waals surface area contributed by atoms with Crippen LogP contribution in [0, 0.1) is 6.08 Å². The molecule has 0 spiro atoms. The summed E-state index contributed by atoms with van der Waals surface area (Å²) in [5.74, 6) is 0.340. The Morgan fingerprint density at radius 2 is 2.27 bits per heavy atom. The van der Waals surface area contributed by atoms with Crippen molar-refractivity contribution in [2.75, 3.05) is 7.11 Å². The van der Waals surface area contributed by atoms with Gasteiger partial charge in [-0.3, -0.25) is 0 Å². The molecule has 0 aromatic heterocycles. The zero-order valence-electron chi connectivity index (χ0n) is 8.75. The summed E-state index contributed by atoms with van der Waals surface area (Å²) in [6, 6.07) is 5.77. The van der Waals surface area contributed by atoms with E-state index in [1.165, 1.54) is 25.5 Å². The minimum Gasteiger partial charge on any atom is -0.465 e. The Morgan fingerprint density at radius 3 is 2.80 bits per heavy atom. The highest BCUT2D eigenvalue weighted by atomic mass is 16.5. The summed E-state index contributed by atoms with van der Waals surface area (Å²) in [7, 11) is 1.38. The summed E-state index contributed by atoms with van der Waals surface area (Å²) < 4.78 is 4.69. The zero-order chi connectivity index (χ0) is 10.8. The van der Waals surface area contributed by atoms with E-state index in [1.807, 2.05) is 12.1 Å². The van der Waals surface area contributed by atoms with Gasteiger partial charge >= 0.3 is 5.97 Å². The van der Waals surface area contributed by atoms with E-state index < -0.39 is 0 Å². The highest BCUT2D eigenvalue weighted by Gasteiger charge is 2.24. The predicted octanol–water partition coefficient (Wildman–Crippen LogP) is 2.69. The molecule has 0 saturated heterocycles. The van der Waals surface area contributed by atoms with Crippen molar-refractivity contribution in [3.8, 4) is 0 Å². The van der Waals surface area contributed by atoms with E-state index in [1.54, 1.807) is 6.07 Å². The Bertz CT molecular complexity index is 403. The number of carbonyl (C=O) groups is 1. The van der Waals surface area contributed by atoms with Gasteiger partial charge in [0, 0.05) is 0 Å². The van der Waals surface area contributed by atoms with Gasteiger partial charge in [0.15, 0.2) is 0 Å². The van der Waals surface area contributed by atoms with Gasteiger partial charge in [0.2, 0.25) is 0 Å². The van der Waals surface area contributed by atoms with Crippen molar-refractivity contribution in [1.29, 1.82) is 0 Å². The van der Waals surface area contributed by atoms with Gasteiger partial charge < -0.3 is 4.74 Å². The van der Waals surface area contributed by atoms with Crippen molar-refractivity contribution < 1.29 is 9.53 Å². The van der Waals surface area contributed by atoms with E-state index in [0.717, 1.165) is 5.56 Å². The van der Waals surface area contributed by atoms with Gasteiger partial charge in [-0.05, 0) is 42.0 Å². The van der Waals surface area contributed by atoms with Crippen LogP contribution < -0.4 is 0 Å². The van der Waals surface area contributed by atoms with Crippen LogP contribution in [-0.4, -0.2) is 13.1 Å². The molecule has 2 nitrogen and oxygen atoms in total. The second-order valence-electron chi connectivity index (χ2n) is 3.75. The first kappa shape index (κ1) is 9.97.